The lowest BCUT2D eigenvalue weighted by Crippen LogP contribution is -2.59. The van der Waals surface area contributed by atoms with Gasteiger partial charge in [-0.25, -0.2) is 4.79 Å². The maximum absolute atomic E-state index is 13.9. The Bertz CT molecular complexity index is 1850. The number of amides is 7. The third-order valence-corrected chi connectivity index (χ3v) is 9.50. The predicted molar refractivity (Wildman–Crippen MR) is 256 cm³/mol. The molecule has 0 fully saturated rings. The minimum absolute atomic E-state index is 0.00249. The lowest BCUT2D eigenvalue weighted by atomic mass is 10.0. The second-order valence-corrected chi connectivity index (χ2v) is 15.5. The van der Waals surface area contributed by atoms with Gasteiger partial charge in [-0.3, -0.25) is 58.3 Å². The minimum Gasteiger partial charge on any atom is -0.481 e. The highest BCUT2D eigenvalue weighted by atomic mass is 16.4. The van der Waals surface area contributed by atoms with Gasteiger partial charge >= 0.3 is 11.9 Å². The van der Waals surface area contributed by atoms with Crippen molar-refractivity contribution >= 4 is 77.1 Å². The largest absolute Gasteiger partial charge is 0.481 e. The van der Waals surface area contributed by atoms with Crippen molar-refractivity contribution in [2.75, 3.05) is 45.8 Å². The SMILES string of the molecule is NCCCC[C@H](NC(=O)[C@@H](N)CCCN=C(N)N)C(=O)N[C@@H](CC(=O)O)C(=O)N[C@@H](CCCN=C(N)N)C(=O)N[C@@H](CCCN=C(N)N)C(=O)NCC(=O)NCC(=O)N[C@@H](CCCN=C(N)N)C(=O)O. The number of carboxylic acids is 2. The molecule has 0 heterocycles. The average Bonchev–Trinajstić information content (AvgIpc) is 3.27. The molecule has 0 saturated carbocycles. The molecule has 0 aliphatic heterocycles. The molecule has 0 radical (unpaired) electrons. The first-order valence-electron chi connectivity index (χ1n) is 22.1. The highest BCUT2D eigenvalue weighted by Gasteiger charge is 2.33. The van der Waals surface area contributed by atoms with Crippen molar-refractivity contribution in [3.63, 3.8) is 0 Å². The van der Waals surface area contributed by atoms with E-state index in [4.69, 9.17) is 57.3 Å². The van der Waals surface area contributed by atoms with Crippen molar-refractivity contribution in [1.82, 2.24) is 37.2 Å². The first-order valence-corrected chi connectivity index (χ1v) is 22.1. The summed E-state index contributed by atoms with van der Waals surface area (Å²) in [4.78, 5) is 132. The second-order valence-electron chi connectivity index (χ2n) is 15.5. The van der Waals surface area contributed by atoms with Crippen LogP contribution >= 0.6 is 0 Å². The zero-order valence-corrected chi connectivity index (χ0v) is 39.0. The van der Waals surface area contributed by atoms with Gasteiger partial charge in [0.15, 0.2) is 23.8 Å². The van der Waals surface area contributed by atoms with Crippen LogP contribution in [0.4, 0.5) is 0 Å². The molecule has 0 aliphatic rings. The molecule has 0 aliphatic carbocycles. The molecule has 7 amide bonds. The van der Waals surface area contributed by atoms with Crippen molar-refractivity contribution in [2.24, 2.45) is 77.3 Å². The molecule has 396 valence electrons. The molecular formula is C38H73N21O11. The standard InChI is InChI=1S/C38H73N21O11/c39-12-2-1-8-22(56-29(64)20(40)7-3-13-49-35(41)42)32(67)59-25(17-28(62)63)33(68)58-23(10-5-15-51-37(45)46)31(66)57-21(9-4-14-50-36(43)44)30(65)54-18-26(60)53-19-27(61)55-24(34(69)70)11-6-16-52-38(47)48/h20-25H,1-19,39-40H2,(H,53,60)(H,54,65)(H,55,61)(H,56,64)(H,57,66)(H,58,68)(H,59,67)(H,62,63)(H,69,70)(H4,41,42,49)(H4,43,44,50)(H4,45,46,51)(H4,47,48,52)/t20-,21-,22-,23-,24-,25-/m0/s1. The molecule has 6 atom stereocenters. The summed E-state index contributed by atoms with van der Waals surface area (Å²) >= 11 is 0. The third kappa shape index (κ3) is 30.5. The molecule has 0 spiro atoms. The summed E-state index contributed by atoms with van der Waals surface area (Å²) in [6.45, 7) is -0.886. The van der Waals surface area contributed by atoms with Crippen LogP contribution in [0.3, 0.4) is 0 Å². The zero-order valence-electron chi connectivity index (χ0n) is 39.0. The monoisotopic (exact) mass is 1000 g/mol. The van der Waals surface area contributed by atoms with Gasteiger partial charge in [-0.1, -0.05) is 0 Å². The van der Waals surface area contributed by atoms with Gasteiger partial charge in [0, 0.05) is 26.2 Å². The first kappa shape index (κ1) is 62.2. The highest BCUT2D eigenvalue weighted by Crippen LogP contribution is 2.08. The number of hydrogen-bond donors (Lipinski definition) is 19. The Morgan fingerprint density at radius 1 is 0.414 bits per heavy atom. The van der Waals surface area contributed by atoms with Crippen molar-refractivity contribution < 1.29 is 53.4 Å². The topological polar surface area (TPSA) is 588 Å². The molecule has 70 heavy (non-hydrogen) atoms. The fourth-order valence-electron chi connectivity index (χ4n) is 5.97. The molecule has 32 heteroatoms. The van der Waals surface area contributed by atoms with E-state index < -0.39 is 109 Å². The lowest BCUT2D eigenvalue weighted by Gasteiger charge is -2.26. The molecule has 32 nitrogen and oxygen atoms in total. The van der Waals surface area contributed by atoms with E-state index in [-0.39, 0.29) is 108 Å². The van der Waals surface area contributed by atoms with Gasteiger partial charge in [0.05, 0.1) is 25.6 Å². The Balaban J connectivity index is 6.27. The average molecular weight is 1000 g/mol. The number of aliphatic carboxylic acids is 2. The van der Waals surface area contributed by atoms with Gasteiger partial charge in [0.25, 0.3) is 0 Å². The molecule has 0 unspecified atom stereocenters. The molecule has 0 aromatic rings. The van der Waals surface area contributed by atoms with Gasteiger partial charge in [-0.05, 0) is 77.2 Å². The summed E-state index contributed by atoms with van der Waals surface area (Å²) in [6, 6.07) is -8.48. The van der Waals surface area contributed by atoms with Crippen molar-refractivity contribution in [3.05, 3.63) is 0 Å². The maximum Gasteiger partial charge on any atom is 0.326 e. The Hall–Kier alpha value is -7.77. The Morgan fingerprint density at radius 3 is 1.21 bits per heavy atom. The minimum atomic E-state index is -1.81. The molecule has 29 N–H and O–H groups in total. The van der Waals surface area contributed by atoms with E-state index in [0.717, 1.165) is 0 Å². The van der Waals surface area contributed by atoms with Gasteiger partial charge in [-0.2, -0.15) is 0 Å². The van der Waals surface area contributed by atoms with Crippen molar-refractivity contribution in [2.45, 2.75) is 113 Å². The van der Waals surface area contributed by atoms with Crippen LogP contribution in [0.1, 0.15) is 77.0 Å². The maximum atomic E-state index is 13.9. The quantitative estimate of drug-likeness (QED) is 0.0156. The number of carbonyl (C=O) groups excluding carboxylic acids is 7. The van der Waals surface area contributed by atoms with Gasteiger partial charge in [0.1, 0.15) is 30.2 Å². The van der Waals surface area contributed by atoms with Crippen LogP contribution in [0.25, 0.3) is 0 Å². The van der Waals surface area contributed by atoms with Gasteiger partial charge in [0.2, 0.25) is 41.4 Å². The Kier molecular flexibility index (Phi) is 31.5. The molecular weight excluding hydrogens is 927 g/mol. The normalized spacial score (nSPS) is 13.1. The van der Waals surface area contributed by atoms with Crippen molar-refractivity contribution in [1.29, 1.82) is 0 Å². The van der Waals surface area contributed by atoms with E-state index in [9.17, 15) is 53.4 Å². The Labute approximate surface area is 403 Å². The number of rotatable bonds is 37. The number of hydrogen-bond acceptors (Lipinski definition) is 15. The fraction of sp³-hybridized carbons (Fsp3) is 0.658. The first-order chi connectivity index (χ1) is 33.0. The van der Waals surface area contributed by atoms with E-state index in [1.165, 1.54) is 0 Å². The number of nitrogens with two attached hydrogens (primary N) is 10. The third-order valence-electron chi connectivity index (χ3n) is 9.50. The number of carbonyl (C=O) groups is 9. The van der Waals surface area contributed by atoms with Crippen LogP contribution in [0, 0.1) is 0 Å². The number of nitrogens with zero attached hydrogens (tertiary/aromatic N) is 4. The summed E-state index contributed by atoms with van der Waals surface area (Å²) < 4.78 is 0. The number of unbranched alkanes of at least 4 members (excludes halogenated alkanes) is 1. The number of guanidine groups is 4. The van der Waals surface area contributed by atoms with E-state index >= 15 is 0 Å². The summed E-state index contributed by atoms with van der Waals surface area (Å²) in [5.41, 5.74) is 54.5. The highest BCUT2D eigenvalue weighted by molar-refractivity contribution is 5.97. The molecule has 0 rings (SSSR count). The van der Waals surface area contributed by atoms with Crippen LogP contribution in [0.5, 0.6) is 0 Å². The van der Waals surface area contributed by atoms with E-state index in [0.29, 0.717) is 19.3 Å². The Morgan fingerprint density at radius 2 is 0.786 bits per heavy atom. The van der Waals surface area contributed by atoms with Gasteiger partial charge in [-0.15, -0.1) is 0 Å². The van der Waals surface area contributed by atoms with E-state index in [1.807, 2.05) is 0 Å². The van der Waals surface area contributed by atoms with E-state index in [1.54, 1.807) is 0 Å². The lowest BCUT2D eigenvalue weighted by molar-refractivity contribution is -0.142. The molecule has 0 saturated heterocycles. The van der Waals surface area contributed by atoms with Crippen molar-refractivity contribution in [3.8, 4) is 0 Å². The summed E-state index contributed by atoms with van der Waals surface area (Å²) in [6.07, 6.45) is 0.276. The van der Waals surface area contributed by atoms with Crippen LogP contribution in [-0.4, -0.2) is 169 Å². The molecule has 0 bridgehead atoms. The van der Waals surface area contributed by atoms with Gasteiger partial charge < -0.3 is 105 Å². The van der Waals surface area contributed by atoms with Crippen LogP contribution < -0.4 is 94.6 Å². The van der Waals surface area contributed by atoms with Crippen LogP contribution in [0.2, 0.25) is 0 Å². The predicted octanol–water partition coefficient (Wildman–Crippen LogP) is -9.13. The summed E-state index contributed by atoms with van der Waals surface area (Å²) in [7, 11) is 0. The summed E-state index contributed by atoms with van der Waals surface area (Å²) in [5, 5.41) is 35.7. The zero-order chi connectivity index (χ0) is 53.2. The van der Waals surface area contributed by atoms with E-state index in [2.05, 4.69) is 57.2 Å². The van der Waals surface area contributed by atoms with Crippen LogP contribution in [0.15, 0.2) is 20.0 Å². The fourth-order valence-corrected chi connectivity index (χ4v) is 5.97. The summed E-state index contributed by atoms with van der Waals surface area (Å²) in [5.74, 6) is -10.2. The molecule has 0 aromatic carbocycles. The second kappa shape index (κ2) is 35.4. The number of aliphatic imine (C=N–C) groups is 4. The molecule has 0 aromatic heterocycles. The number of nitrogens with one attached hydrogen (secondary N) is 7. The number of carboxylic acid groups (broad SMARTS) is 2. The smallest absolute Gasteiger partial charge is 0.326 e. The van der Waals surface area contributed by atoms with Crippen LogP contribution in [-0.2, 0) is 43.2 Å².